The molecule has 6 heteroatoms. The van der Waals surface area contributed by atoms with E-state index in [0.29, 0.717) is 31.3 Å². The molecule has 0 bridgehead atoms. The van der Waals surface area contributed by atoms with E-state index in [-0.39, 0.29) is 12.0 Å². The van der Waals surface area contributed by atoms with Crippen molar-refractivity contribution in [3.05, 3.63) is 34.9 Å². The van der Waals surface area contributed by atoms with Crippen molar-refractivity contribution >= 4 is 17.5 Å². The molecular formula is C17H23ClN2O3. The maximum atomic E-state index is 12.3. The lowest BCUT2D eigenvalue weighted by Gasteiger charge is -2.36. The van der Waals surface area contributed by atoms with Crippen LogP contribution in [0.4, 0.5) is 0 Å². The SMILES string of the molecule is O=C(C1CCCO1)N1CCN(CC(O)c2ccc(Cl)cc2)CC1. The molecule has 0 spiro atoms. The normalized spacial score (nSPS) is 23.9. The minimum absolute atomic E-state index is 0.125. The quantitative estimate of drug-likeness (QED) is 0.908. The highest BCUT2D eigenvalue weighted by Gasteiger charge is 2.30. The Balaban J connectivity index is 1.47. The lowest BCUT2D eigenvalue weighted by atomic mass is 10.1. The van der Waals surface area contributed by atoms with Gasteiger partial charge in [-0.1, -0.05) is 23.7 Å². The Hall–Kier alpha value is -1.14. The average Bonchev–Trinajstić information content (AvgIpc) is 3.10. The third-order valence-electron chi connectivity index (χ3n) is 4.58. The number of amides is 1. The molecular weight excluding hydrogens is 316 g/mol. The maximum Gasteiger partial charge on any atom is 0.251 e. The van der Waals surface area contributed by atoms with Gasteiger partial charge >= 0.3 is 0 Å². The van der Waals surface area contributed by atoms with Crippen molar-refractivity contribution in [1.29, 1.82) is 0 Å². The number of hydrogen-bond donors (Lipinski definition) is 1. The van der Waals surface area contributed by atoms with Gasteiger partial charge in [0.25, 0.3) is 5.91 Å². The first-order chi connectivity index (χ1) is 11.1. The van der Waals surface area contributed by atoms with E-state index in [2.05, 4.69) is 4.90 Å². The van der Waals surface area contributed by atoms with Crippen LogP contribution in [0.1, 0.15) is 24.5 Å². The Labute approximate surface area is 141 Å². The summed E-state index contributed by atoms with van der Waals surface area (Å²) in [6, 6.07) is 7.28. The number of carbonyl (C=O) groups is 1. The summed E-state index contributed by atoms with van der Waals surface area (Å²) in [5, 5.41) is 11.0. The van der Waals surface area contributed by atoms with Crippen LogP contribution in [-0.2, 0) is 9.53 Å². The number of nitrogens with zero attached hydrogens (tertiary/aromatic N) is 2. The molecule has 1 aromatic carbocycles. The Kier molecular flexibility index (Phi) is 5.54. The van der Waals surface area contributed by atoms with E-state index in [4.69, 9.17) is 16.3 Å². The van der Waals surface area contributed by atoms with Crippen molar-refractivity contribution in [2.45, 2.75) is 25.0 Å². The number of piperazine rings is 1. The molecule has 2 saturated heterocycles. The monoisotopic (exact) mass is 338 g/mol. The van der Waals surface area contributed by atoms with E-state index < -0.39 is 6.10 Å². The molecule has 2 atom stereocenters. The third-order valence-corrected chi connectivity index (χ3v) is 4.83. The van der Waals surface area contributed by atoms with Crippen LogP contribution in [-0.4, -0.2) is 66.2 Å². The van der Waals surface area contributed by atoms with Crippen molar-refractivity contribution in [1.82, 2.24) is 9.80 Å². The summed E-state index contributed by atoms with van der Waals surface area (Å²) in [6.07, 6.45) is 1.05. The number of halogens is 1. The molecule has 126 valence electrons. The number of benzene rings is 1. The molecule has 2 unspecified atom stereocenters. The van der Waals surface area contributed by atoms with Crippen molar-refractivity contribution in [3.63, 3.8) is 0 Å². The van der Waals surface area contributed by atoms with Crippen LogP contribution in [0.25, 0.3) is 0 Å². The van der Waals surface area contributed by atoms with Gasteiger partial charge in [0, 0.05) is 44.4 Å². The van der Waals surface area contributed by atoms with Crippen LogP contribution in [0.3, 0.4) is 0 Å². The average molecular weight is 339 g/mol. The zero-order chi connectivity index (χ0) is 16.2. The number of ether oxygens (including phenoxy) is 1. The first-order valence-corrected chi connectivity index (χ1v) is 8.57. The molecule has 2 fully saturated rings. The largest absolute Gasteiger partial charge is 0.387 e. The van der Waals surface area contributed by atoms with Gasteiger partial charge in [-0.25, -0.2) is 0 Å². The summed E-state index contributed by atoms with van der Waals surface area (Å²) in [7, 11) is 0. The third kappa shape index (κ3) is 4.23. The van der Waals surface area contributed by atoms with Gasteiger partial charge in [-0.05, 0) is 30.5 Å². The van der Waals surface area contributed by atoms with E-state index in [0.717, 1.165) is 31.5 Å². The fourth-order valence-electron chi connectivity index (χ4n) is 3.16. The molecule has 1 amide bonds. The first kappa shape index (κ1) is 16.7. The minimum Gasteiger partial charge on any atom is -0.387 e. The summed E-state index contributed by atoms with van der Waals surface area (Å²) in [4.78, 5) is 16.4. The topological polar surface area (TPSA) is 53.0 Å². The highest BCUT2D eigenvalue weighted by molar-refractivity contribution is 6.30. The number of carbonyl (C=O) groups excluding carboxylic acids is 1. The van der Waals surface area contributed by atoms with Crippen LogP contribution in [0, 0.1) is 0 Å². The lowest BCUT2D eigenvalue weighted by molar-refractivity contribution is -0.142. The van der Waals surface area contributed by atoms with Gasteiger partial charge in [0.1, 0.15) is 6.10 Å². The van der Waals surface area contributed by atoms with Crippen LogP contribution in [0.2, 0.25) is 5.02 Å². The Morgan fingerprint density at radius 3 is 2.57 bits per heavy atom. The van der Waals surface area contributed by atoms with Gasteiger partial charge in [-0.15, -0.1) is 0 Å². The second-order valence-corrected chi connectivity index (χ2v) is 6.63. The van der Waals surface area contributed by atoms with Crippen LogP contribution in [0.5, 0.6) is 0 Å². The predicted octanol–water partition coefficient (Wildman–Crippen LogP) is 1.70. The fraction of sp³-hybridized carbons (Fsp3) is 0.588. The van der Waals surface area contributed by atoms with E-state index in [1.54, 1.807) is 12.1 Å². The summed E-state index contributed by atoms with van der Waals surface area (Å²) < 4.78 is 5.47. The van der Waals surface area contributed by atoms with Crippen LogP contribution in [0.15, 0.2) is 24.3 Å². The minimum atomic E-state index is -0.535. The molecule has 23 heavy (non-hydrogen) atoms. The van der Waals surface area contributed by atoms with Crippen LogP contribution >= 0.6 is 11.6 Å². The standard InChI is InChI=1S/C17H23ClN2O3/c18-14-5-3-13(4-6-14)15(21)12-19-7-9-20(10-8-19)17(22)16-2-1-11-23-16/h3-6,15-16,21H,1-2,7-12H2. The highest BCUT2D eigenvalue weighted by atomic mass is 35.5. The van der Waals surface area contributed by atoms with E-state index >= 15 is 0 Å². The molecule has 2 aliphatic heterocycles. The maximum absolute atomic E-state index is 12.3. The zero-order valence-corrected chi connectivity index (χ0v) is 13.9. The van der Waals surface area contributed by atoms with Gasteiger partial charge in [-0.3, -0.25) is 9.69 Å². The Bertz CT molecular complexity index is 523. The van der Waals surface area contributed by atoms with Crippen molar-refractivity contribution in [2.24, 2.45) is 0 Å². The fourth-order valence-corrected chi connectivity index (χ4v) is 3.29. The van der Waals surface area contributed by atoms with Gasteiger partial charge in [-0.2, -0.15) is 0 Å². The number of aliphatic hydroxyl groups is 1. The van der Waals surface area contributed by atoms with Crippen molar-refractivity contribution in [3.8, 4) is 0 Å². The summed E-state index contributed by atoms with van der Waals surface area (Å²) in [6.45, 7) is 4.23. The highest BCUT2D eigenvalue weighted by Crippen LogP contribution is 2.19. The van der Waals surface area contributed by atoms with E-state index in [1.165, 1.54) is 0 Å². The van der Waals surface area contributed by atoms with Gasteiger partial charge < -0.3 is 14.7 Å². The molecule has 2 aliphatic rings. The number of rotatable bonds is 4. The molecule has 2 heterocycles. The Morgan fingerprint density at radius 1 is 1.26 bits per heavy atom. The second kappa shape index (κ2) is 7.62. The van der Waals surface area contributed by atoms with Crippen molar-refractivity contribution in [2.75, 3.05) is 39.3 Å². The predicted molar refractivity (Wildman–Crippen MR) is 88.4 cm³/mol. The first-order valence-electron chi connectivity index (χ1n) is 8.20. The summed E-state index contributed by atoms with van der Waals surface area (Å²) in [5.74, 6) is 0.125. The summed E-state index contributed by atoms with van der Waals surface area (Å²) >= 11 is 5.87. The molecule has 1 N–H and O–H groups in total. The smallest absolute Gasteiger partial charge is 0.251 e. The number of β-amino-alcohol motifs (C(OH)–C–C–N with tert-alkyl or cyclic N) is 1. The molecule has 0 radical (unpaired) electrons. The number of hydrogen-bond acceptors (Lipinski definition) is 4. The van der Waals surface area contributed by atoms with Crippen LogP contribution < -0.4 is 0 Å². The van der Waals surface area contributed by atoms with Gasteiger partial charge in [0.15, 0.2) is 0 Å². The van der Waals surface area contributed by atoms with Gasteiger partial charge in [0.2, 0.25) is 0 Å². The zero-order valence-electron chi connectivity index (χ0n) is 13.2. The molecule has 0 aliphatic carbocycles. The second-order valence-electron chi connectivity index (χ2n) is 6.19. The molecule has 3 rings (SSSR count). The van der Waals surface area contributed by atoms with Crippen molar-refractivity contribution < 1.29 is 14.6 Å². The van der Waals surface area contributed by atoms with E-state index in [9.17, 15) is 9.90 Å². The molecule has 5 nitrogen and oxygen atoms in total. The molecule has 0 saturated carbocycles. The molecule has 1 aromatic rings. The van der Waals surface area contributed by atoms with E-state index in [1.807, 2.05) is 17.0 Å². The molecule has 0 aromatic heterocycles. The van der Waals surface area contributed by atoms with Gasteiger partial charge in [0.05, 0.1) is 6.10 Å². The number of aliphatic hydroxyl groups excluding tert-OH is 1. The lowest BCUT2D eigenvalue weighted by Crippen LogP contribution is -2.52. The summed E-state index contributed by atoms with van der Waals surface area (Å²) in [5.41, 5.74) is 0.868. The Morgan fingerprint density at radius 2 is 1.96 bits per heavy atom.